The predicted octanol–water partition coefficient (Wildman–Crippen LogP) is 1.03. The molecule has 2 fully saturated rings. The van der Waals surface area contributed by atoms with Crippen LogP contribution in [0.15, 0.2) is 22.7 Å². The van der Waals surface area contributed by atoms with Gasteiger partial charge < -0.3 is 19.5 Å². The molecule has 3 aliphatic rings. The zero-order valence-corrected chi connectivity index (χ0v) is 17.9. The number of halogens is 1. The Morgan fingerprint density at radius 3 is 2.83 bits per heavy atom. The van der Waals surface area contributed by atoms with Gasteiger partial charge in [0.05, 0.1) is 25.5 Å². The maximum atomic E-state index is 12.7. The molecule has 0 bridgehead atoms. The highest BCUT2D eigenvalue weighted by Crippen LogP contribution is 2.34. The van der Waals surface area contributed by atoms with Gasteiger partial charge in [0.25, 0.3) is 5.91 Å². The molecule has 9 heteroatoms. The van der Waals surface area contributed by atoms with Crippen LogP contribution in [-0.2, 0) is 19.1 Å². The van der Waals surface area contributed by atoms with E-state index in [1.807, 2.05) is 6.07 Å². The summed E-state index contributed by atoms with van der Waals surface area (Å²) in [6.45, 7) is 5.11. The fraction of sp³-hybridized carbons (Fsp3) is 0.600. The Hall–Kier alpha value is -1.68. The van der Waals surface area contributed by atoms with Gasteiger partial charge in [0, 0.05) is 42.7 Å². The minimum Gasteiger partial charge on any atom is -0.482 e. The average molecular weight is 468 g/mol. The first-order chi connectivity index (χ1) is 14.1. The molecule has 2 unspecified atom stereocenters. The molecule has 1 N–H and O–H groups in total. The van der Waals surface area contributed by atoms with Gasteiger partial charge in [-0.15, -0.1) is 0 Å². The smallest absolute Gasteiger partial charge is 0.265 e. The molecule has 29 heavy (non-hydrogen) atoms. The van der Waals surface area contributed by atoms with Crippen LogP contribution in [0.5, 0.6) is 5.75 Å². The van der Waals surface area contributed by atoms with Crippen LogP contribution in [0.4, 0.5) is 5.69 Å². The number of carbonyl (C=O) groups excluding carboxylic acids is 2. The van der Waals surface area contributed by atoms with E-state index in [2.05, 4.69) is 26.1 Å². The van der Waals surface area contributed by atoms with Gasteiger partial charge in [-0.05, 0) is 24.6 Å². The van der Waals surface area contributed by atoms with E-state index in [9.17, 15) is 9.59 Å². The summed E-state index contributed by atoms with van der Waals surface area (Å²) in [5, 5.41) is 3.05. The normalized spacial score (nSPS) is 23.4. The van der Waals surface area contributed by atoms with Crippen molar-refractivity contribution in [2.75, 3.05) is 64.1 Å². The summed E-state index contributed by atoms with van der Waals surface area (Å²) >= 11 is 3.40. The van der Waals surface area contributed by atoms with Crippen LogP contribution in [0, 0.1) is 5.92 Å². The van der Waals surface area contributed by atoms with Gasteiger partial charge >= 0.3 is 0 Å². The first-order valence-corrected chi connectivity index (χ1v) is 10.8. The lowest BCUT2D eigenvalue weighted by atomic mass is 9.97. The maximum absolute atomic E-state index is 12.7. The molecule has 0 radical (unpaired) electrons. The van der Waals surface area contributed by atoms with Crippen molar-refractivity contribution in [1.29, 1.82) is 0 Å². The van der Waals surface area contributed by atoms with Gasteiger partial charge in [0.2, 0.25) is 5.91 Å². The molecule has 1 aromatic rings. The van der Waals surface area contributed by atoms with Crippen molar-refractivity contribution in [3.05, 3.63) is 22.7 Å². The molecule has 0 aliphatic carbocycles. The number of benzene rings is 1. The van der Waals surface area contributed by atoms with Crippen LogP contribution in [0.1, 0.15) is 6.42 Å². The number of amides is 2. The fourth-order valence-electron chi connectivity index (χ4n) is 4.13. The molecule has 8 nitrogen and oxygen atoms in total. The minimum absolute atomic E-state index is 0.0200. The number of anilines is 1. The number of morpholine rings is 1. The Kier molecular flexibility index (Phi) is 6.69. The zero-order chi connectivity index (χ0) is 20.2. The summed E-state index contributed by atoms with van der Waals surface area (Å²) in [4.78, 5) is 28.9. The quantitative estimate of drug-likeness (QED) is 0.672. The molecule has 0 saturated carbocycles. The third-order valence-corrected chi connectivity index (χ3v) is 6.19. The molecule has 2 amide bonds. The second kappa shape index (κ2) is 9.42. The van der Waals surface area contributed by atoms with Crippen LogP contribution in [-0.4, -0.2) is 82.0 Å². The minimum atomic E-state index is -0.219. The van der Waals surface area contributed by atoms with Crippen molar-refractivity contribution in [3.8, 4) is 5.75 Å². The number of carbonyl (C=O) groups is 2. The van der Waals surface area contributed by atoms with Gasteiger partial charge in [-0.3, -0.25) is 19.4 Å². The van der Waals surface area contributed by atoms with Crippen LogP contribution in [0.25, 0.3) is 0 Å². The van der Waals surface area contributed by atoms with Crippen molar-refractivity contribution < 1.29 is 23.8 Å². The summed E-state index contributed by atoms with van der Waals surface area (Å²) in [6, 6.07) is 5.64. The summed E-state index contributed by atoms with van der Waals surface area (Å²) in [7, 11) is 0. The van der Waals surface area contributed by atoms with Crippen LogP contribution >= 0.6 is 15.9 Å². The second-order valence-corrected chi connectivity index (χ2v) is 8.44. The van der Waals surface area contributed by atoms with Crippen LogP contribution < -0.4 is 15.0 Å². The SMILES string of the molecule is O=C(CN1C(=O)COc2cc(Br)ccc21)NCC(C1CCOC1)N1CCOCC1. The molecule has 4 rings (SSSR count). The second-order valence-electron chi connectivity index (χ2n) is 7.52. The largest absolute Gasteiger partial charge is 0.482 e. The topological polar surface area (TPSA) is 80.3 Å². The van der Waals surface area contributed by atoms with Gasteiger partial charge in [-0.2, -0.15) is 0 Å². The molecule has 158 valence electrons. The summed E-state index contributed by atoms with van der Waals surface area (Å²) in [6.07, 6.45) is 1.00. The fourth-order valence-corrected chi connectivity index (χ4v) is 4.47. The highest BCUT2D eigenvalue weighted by Gasteiger charge is 2.32. The third-order valence-electron chi connectivity index (χ3n) is 5.70. The Labute approximate surface area is 178 Å². The predicted molar refractivity (Wildman–Crippen MR) is 110 cm³/mol. The molecule has 2 saturated heterocycles. The van der Waals surface area contributed by atoms with E-state index in [0.717, 1.165) is 37.2 Å². The highest BCUT2D eigenvalue weighted by atomic mass is 79.9. The molecular weight excluding hydrogens is 442 g/mol. The lowest BCUT2D eigenvalue weighted by Gasteiger charge is -2.37. The number of hydrogen-bond donors (Lipinski definition) is 1. The summed E-state index contributed by atoms with van der Waals surface area (Å²) in [5.74, 6) is 0.604. The van der Waals surface area contributed by atoms with E-state index in [1.54, 1.807) is 12.1 Å². The maximum Gasteiger partial charge on any atom is 0.265 e. The number of nitrogens with one attached hydrogen (secondary N) is 1. The van der Waals surface area contributed by atoms with E-state index < -0.39 is 0 Å². The average Bonchev–Trinajstić information content (AvgIpc) is 3.25. The Morgan fingerprint density at radius 1 is 1.24 bits per heavy atom. The van der Waals surface area contributed by atoms with Gasteiger partial charge in [-0.25, -0.2) is 0 Å². The van der Waals surface area contributed by atoms with E-state index in [1.165, 1.54) is 4.90 Å². The Balaban J connectivity index is 1.39. The summed E-state index contributed by atoms with van der Waals surface area (Å²) < 4.78 is 17.4. The van der Waals surface area contributed by atoms with Crippen LogP contribution in [0.3, 0.4) is 0 Å². The number of rotatable bonds is 6. The first kappa shape index (κ1) is 20.6. The number of hydrogen-bond acceptors (Lipinski definition) is 6. The number of ether oxygens (including phenoxy) is 3. The Bertz CT molecular complexity index is 750. The molecule has 0 aromatic heterocycles. The molecule has 0 spiro atoms. The third kappa shape index (κ3) is 4.91. The van der Waals surface area contributed by atoms with Crippen LogP contribution in [0.2, 0.25) is 0 Å². The van der Waals surface area contributed by atoms with Crippen molar-refractivity contribution in [2.24, 2.45) is 5.92 Å². The monoisotopic (exact) mass is 467 g/mol. The van der Waals surface area contributed by atoms with E-state index in [0.29, 0.717) is 37.1 Å². The van der Waals surface area contributed by atoms with Gasteiger partial charge in [-0.1, -0.05) is 15.9 Å². The molecule has 2 atom stereocenters. The van der Waals surface area contributed by atoms with E-state index in [4.69, 9.17) is 14.2 Å². The molecule has 1 aromatic carbocycles. The lowest BCUT2D eigenvalue weighted by Crippen LogP contribution is -2.53. The zero-order valence-electron chi connectivity index (χ0n) is 16.3. The highest BCUT2D eigenvalue weighted by molar-refractivity contribution is 9.10. The van der Waals surface area contributed by atoms with Gasteiger partial charge in [0.1, 0.15) is 12.3 Å². The molecular formula is C20H26BrN3O5. The number of nitrogens with zero attached hydrogens (tertiary/aromatic N) is 2. The molecule has 3 aliphatic heterocycles. The first-order valence-electron chi connectivity index (χ1n) is 10.0. The van der Waals surface area contributed by atoms with Crippen molar-refractivity contribution in [2.45, 2.75) is 12.5 Å². The number of fused-ring (bicyclic) bond motifs is 1. The Morgan fingerprint density at radius 2 is 2.07 bits per heavy atom. The summed E-state index contributed by atoms with van der Waals surface area (Å²) in [5.41, 5.74) is 0.619. The van der Waals surface area contributed by atoms with E-state index >= 15 is 0 Å². The van der Waals surface area contributed by atoms with Crippen molar-refractivity contribution >= 4 is 33.4 Å². The van der Waals surface area contributed by atoms with Gasteiger partial charge in [0.15, 0.2) is 6.61 Å². The van der Waals surface area contributed by atoms with E-state index in [-0.39, 0.29) is 31.0 Å². The lowest BCUT2D eigenvalue weighted by molar-refractivity contribution is -0.125. The van der Waals surface area contributed by atoms with Crippen molar-refractivity contribution in [1.82, 2.24) is 10.2 Å². The van der Waals surface area contributed by atoms with Crippen molar-refractivity contribution in [3.63, 3.8) is 0 Å². The molecule has 3 heterocycles. The standard InChI is InChI=1S/C20H26BrN3O5/c21-15-1-2-16-18(9-15)29-13-20(26)24(16)11-19(25)22-10-17(14-3-6-28-12-14)23-4-7-27-8-5-23/h1-2,9,14,17H,3-8,10-13H2,(H,22,25).